The lowest BCUT2D eigenvalue weighted by molar-refractivity contribution is 0.102. The van der Waals surface area contributed by atoms with Gasteiger partial charge in [-0.2, -0.15) is 5.10 Å². The SMILES string of the molecule is COc1ccccc1NC(=O)c1ccc2c(OC)n(C)nc2c1. The Bertz CT molecular complexity index is 871. The highest BCUT2D eigenvalue weighted by atomic mass is 16.5. The Hall–Kier alpha value is -3.02. The number of para-hydroxylation sites is 2. The molecule has 1 aromatic heterocycles. The molecule has 3 rings (SSSR count). The molecule has 118 valence electrons. The van der Waals surface area contributed by atoms with Crippen molar-refractivity contribution in [1.29, 1.82) is 0 Å². The lowest BCUT2D eigenvalue weighted by Gasteiger charge is -2.09. The number of hydrogen-bond acceptors (Lipinski definition) is 4. The molecule has 6 heteroatoms. The van der Waals surface area contributed by atoms with Crippen molar-refractivity contribution in [1.82, 2.24) is 9.78 Å². The summed E-state index contributed by atoms with van der Waals surface area (Å²) in [5.41, 5.74) is 1.85. The van der Waals surface area contributed by atoms with Crippen LogP contribution in [-0.2, 0) is 7.05 Å². The maximum Gasteiger partial charge on any atom is 0.255 e. The van der Waals surface area contributed by atoms with Crippen molar-refractivity contribution < 1.29 is 14.3 Å². The van der Waals surface area contributed by atoms with Crippen LogP contribution in [0.2, 0.25) is 0 Å². The fraction of sp³-hybridized carbons (Fsp3) is 0.176. The van der Waals surface area contributed by atoms with Gasteiger partial charge in [0.05, 0.1) is 30.8 Å². The predicted molar refractivity (Wildman–Crippen MR) is 88.2 cm³/mol. The molecule has 3 aromatic rings. The van der Waals surface area contributed by atoms with Gasteiger partial charge in [-0.05, 0) is 30.3 Å². The van der Waals surface area contributed by atoms with Gasteiger partial charge in [0.25, 0.3) is 5.91 Å². The third-order valence-electron chi connectivity index (χ3n) is 3.59. The molecule has 0 spiro atoms. The maximum atomic E-state index is 12.5. The normalized spacial score (nSPS) is 10.6. The molecule has 23 heavy (non-hydrogen) atoms. The molecule has 0 radical (unpaired) electrons. The van der Waals surface area contributed by atoms with E-state index in [0.29, 0.717) is 28.4 Å². The molecule has 0 saturated heterocycles. The Morgan fingerprint density at radius 1 is 1.13 bits per heavy atom. The van der Waals surface area contributed by atoms with Crippen molar-refractivity contribution in [2.75, 3.05) is 19.5 Å². The fourth-order valence-electron chi connectivity index (χ4n) is 2.50. The number of aryl methyl sites for hydroxylation is 1. The van der Waals surface area contributed by atoms with Gasteiger partial charge in [-0.25, -0.2) is 4.68 Å². The number of methoxy groups -OCH3 is 2. The molecule has 0 aliphatic rings. The van der Waals surface area contributed by atoms with Crippen LogP contribution in [0.1, 0.15) is 10.4 Å². The van der Waals surface area contributed by atoms with Gasteiger partial charge < -0.3 is 14.8 Å². The first-order chi connectivity index (χ1) is 11.1. The van der Waals surface area contributed by atoms with E-state index in [9.17, 15) is 4.79 Å². The van der Waals surface area contributed by atoms with E-state index in [1.807, 2.05) is 18.2 Å². The van der Waals surface area contributed by atoms with Crippen molar-refractivity contribution in [3.8, 4) is 11.6 Å². The molecule has 1 amide bonds. The number of amides is 1. The van der Waals surface area contributed by atoms with Crippen LogP contribution < -0.4 is 14.8 Å². The van der Waals surface area contributed by atoms with Crippen molar-refractivity contribution in [3.63, 3.8) is 0 Å². The lowest BCUT2D eigenvalue weighted by atomic mass is 10.1. The topological polar surface area (TPSA) is 65.4 Å². The van der Waals surface area contributed by atoms with E-state index in [0.717, 1.165) is 5.39 Å². The van der Waals surface area contributed by atoms with Gasteiger partial charge in [-0.3, -0.25) is 4.79 Å². The van der Waals surface area contributed by atoms with Crippen LogP contribution in [0.3, 0.4) is 0 Å². The van der Waals surface area contributed by atoms with Crippen LogP contribution >= 0.6 is 0 Å². The number of carbonyl (C=O) groups excluding carboxylic acids is 1. The van der Waals surface area contributed by atoms with Gasteiger partial charge in [0.2, 0.25) is 5.88 Å². The zero-order valence-electron chi connectivity index (χ0n) is 13.2. The zero-order valence-corrected chi connectivity index (χ0v) is 13.2. The predicted octanol–water partition coefficient (Wildman–Crippen LogP) is 2.84. The smallest absolute Gasteiger partial charge is 0.255 e. The van der Waals surface area contributed by atoms with Crippen LogP contribution in [0.5, 0.6) is 11.6 Å². The van der Waals surface area contributed by atoms with Crippen LogP contribution in [0.15, 0.2) is 42.5 Å². The van der Waals surface area contributed by atoms with Crippen molar-refractivity contribution in [2.45, 2.75) is 0 Å². The summed E-state index contributed by atoms with van der Waals surface area (Å²) < 4.78 is 12.2. The highest BCUT2D eigenvalue weighted by molar-refractivity contribution is 6.07. The summed E-state index contributed by atoms with van der Waals surface area (Å²) in [4.78, 5) is 12.5. The van der Waals surface area contributed by atoms with Crippen molar-refractivity contribution >= 4 is 22.5 Å². The number of hydrogen-bond donors (Lipinski definition) is 1. The highest BCUT2D eigenvalue weighted by Gasteiger charge is 2.14. The summed E-state index contributed by atoms with van der Waals surface area (Å²) in [5.74, 6) is 1.05. The van der Waals surface area contributed by atoms with Crippen LogP contribution in [-0.4, -0.2) is 29.9 Å². The quantitative estimate of drug-likeness (QED) is 0.804. The lowest BCUT2D eigenvalue weighted by Crippen LogP contribution is -2.12. The number of nitrogens with one attached hydrogen (secondary N) is 1. The minimum atomic E-state index is -0.221. The Kier molecular flexibility index (Phi) is 3.89. The number of fused-ring (bicyclic) bond motifs is 1. The first-order valence-corrected chi connectivity index (χ1v) is 7.09. The standard InChI is InChI=1S/C17H17N3O3/c1-20-17(23-3)12-9-8-11(10-14(12)19-20)16(21)18-13-6-4-5-7-15(13)22-2/h4-10H,1-3H3,(H,18,21). The molecule has 1 N–H and O–H groups in total. The third-order valence-corrected chi connectivity index (χ3v) is 3.59. The fourth-order valence-corrected chi connectivity index (χ4v) is 2.50. The molecular formula is C17H17N3O3. The Labute approximate surface area is 133 Å². The number of aromatic nitrogens is 2. The summed E-state index contributed by atoms with van der Waals surface area (Å²) in [7, 11) is 4.96. The third kappa shape index (κ3) is 2.70. The van der Waals surface area contributed by atoms with Crippen molar-refractivity contribution in [3.05, 3.63) is 48.0 Å². The molecule has 2 aromatic carbocycles. The van der Waals surface area contributed by atoms with Gasteiger partial charge in [0.15, 0.2) is 0 Å². The summed E-state index contributed by atoms with van der Waals surface area (Å²) in [5, 5.41) is 8.07. The molecule has 0 aliphatic heterocycles. The second kappa shape index (κ2) is 6.00. The summed E-state index contributed by atoms with van der Waals surface area (Å²) in [6, 6.07) is 12.6. The minimum absolute atomic E-state index is 0.221. The molecule has 1 heterocycles. The molecule has 0 atom stereocenters. The number of carbonyl (C=O) groups is 1. The van der Waals surface area contributed by atoms with Gasteiger partial charge in [-0.1, -0.05) is 12.1 Å². The number of ether oxygens (including phenoxy) is 2. The first kappa shape index (κ1) is 14.9. The minimum Gasteiger partial charge on any atom is -0.495 e. The van der Waals surface area contributed by atoms with Crippen molar-refractivity contribution in [2.24, 2.45) is 7.05 Å². The monoisotopic (exact) mass is 311 g/mol. The summed E-state index contributed by atoms with van der Waals surface area (Å²) in [6.07, 6.45) is 0. The van der Waals surface area contributed by atoms with E-state index in [4.69, 9.17) is 9.47 Å². The molecule has 0 unspecified atom stereocenters. The molecule has 0 aliphatic carbocycles. The molecule has 0 bridgehead atoms. The summed E-state index contributed by atoms with van der Waals surface area (Å²) in [6.45, 7) is 0. The molecule has 6 nitrogen and oxygen atoms in total. The number of benzene rings is 2. The van der Waals surface area contributed by atoms with Gasteiger partial charge in [0, 0.05) is 12.6 Å². The maximum absolute atomic E-state index is 12.5. The Balaban J connectivity index is 1.92. The van der Waals surface area contributed by atoms with Crippen LogP contribution in [0, 0.1) is 0 Å². The zero-order chi connectivity index (χ0) is 16.4. The largest absolute Gasteiger partial charge is 0.495 e. The van der Waals surface area contributed by atoms with E-state index >= 15 is 0 Å². The van der Waals surface area contributed by atoms with E-state index < -0.39 is 0 Å². The van der Waals surface area contributed by atoms with Gasteiger partial charge >= 0.3 is 0 Å². The van der Waals surface area contributed by atoms with E-state index in [1.165, 1.54) is 0 Å². The van der Waals surface area contributed by atoms with E-state index in [2.05, 4.69) is 10.4 Å². The molecular weight excluding hydrogens is 294 g/mol. The Morgan fingerprint density at radius 3 is 2.65 bits per heavy atom. The van der Waals surface area contributed by atoms with Crippen LogP contribution in [0.4, 0.5) is 5.69 Å². The average molecular weight is 311 g/mol. The van der Waals surface area contributed by atoms with Gasteiger partial charge in [0.1, 0.15) is 5.75 Å². The Morgan fingerprint density at radius 2 is 1.91 bits per heavy atom. The first-order valence-electron chi connectivity index (χ1n) is 7.09. The van der Waals surface area contributed by atoms with E-state index in [-0.39, 0.29) is 5.91 Å². The second-order valence-electron chi connectivity index (χ2n) is 5.02. The van der Waals surface area contributed by atoms with Gasteiger partial charge in [-0.15, -0.1) is 0 Å². The number of rotatable bonds is 4. The highest BCUT2D eigenvalue weighted by Crippen LogP contribution is 2.27. The van der Waals surface area contributed by atoms with Crippen LogP contribution in [0.25, 0.3) is 10.9 Å². The number of anilines is 1. The summed E-state index contributed by atoms with van der Waals surface area (Å²) >= 11 is 0. The average Bonchev–Trinajstić information content (AvgIpc) is 2.89. The molecule has 0 fully saturated rings. The number of nitrogens with zero attached hydrogens (tertiary/aromatic N) is 2. The second-order valence-corrected chi connectivity index (χ2v) is 5.02. The molecule has 0 saturated carbocycles. The van der Waals surface area contributed by atoms with E-state index in [1.54, 1.807) is 50.2 Å².